The monoisotopic (exact) mass is 521 g/mol. The normalized spacial score (nSPS) is 20.1. The fraction of sp³-hybridized carbons (Fsp3) is 0.905. The molecule has 4 unspecified atom stereocenters. The minimum absolute atomic E-state index is 0.105. The minimum atomic E-state index is -5.51. The van der Waals surface area contributed by atoms with Crippen LogP contribution >= 0.6 is 0 Å². The number of alkyl halides is 4. The molecular formula is C21H35F4NO7S. The maximum Gasteiger partial charge on any atom is 0.408 e. The Morgan fingerprint density at radius 3 is 2.29 bits per heavy atom. The van der Waals surface area contributed by atoms with Crippen molar-refractivity contribution in [3.8, 4) is 0 Å². The van der Waals surface area contributed by atoms with Gasteiger partial charge in [0.1, 0.15) is 11.5 Å². The second-order valence-electron chi connectivity index (χ2n) is 8.25. The number of hydrogen-bond acceptors (Lipinski definition) is 8. The predicted octanol–water partition coefficient (Wildman–Crippen LogP) is 3.39. The van der Waals surface area contributed by atoms with E-state index in [1.54, 1.807) is 13.8 Å². The third-order valence-electron chi connectivity index (χ3n) is 6.10. The van der Waals surface area contributed by atoms with Crippen molar-refractivity contribution in [2.24, 2.45) is 5.92 Å². The van der Waals surface area contributed by atoms with Gasteiger partial charge in [-0.1, -0.05) is 13.8 Å². The quantitative estimate of drug-likeness (QED) is 0.132. The van der Waals surface area contributed by atoms with Gasteiger partial charge in [0.05, 0.1) is 18.6 Å². The van der Waals surface area contributed by atoms with Gasteiger partial charge in [-0.2, -0.15) is 17.6 Å². The first-order chi connectivity index (χ1) is 15.8. The Balaban J connectivity index is 2.62. The molecule has 1 rings (SSSR count). The first-order valence-electron chi connectivity index (χ1n) is 11.4. The van der Waals surface area contributed by atoms with Crippen LogP contribution in [0.5, 0.6) is 0 Å². The van der Waals surface area contributed by atoms with Crippen molar-refractivity contribution in [2.75, 3.05) is 26.3 Å². The number of unbranched alkanes of at least 4 members (excludes halogenated alkanes) is 1. The van der Waals surface area contributed by atoms with E-state index in [0.29, 0.717) is 13.0 Å². The van der Waals surface area contributed by atoms with E-state index in [4.69, 9.17) is 14.2 Å². The number of rotatable bonds is 16. The molecule has 13 heteroatoms. The lowest BCUT2D eigenvalue weighted by atomic mass is 9.98. The van der Waals surface area contributed by atoms with Gasteiger partial charge in [0, 0.05) is 13.0 Å². The molecule has 34 heavy (non-hydrogen) atoms. The maximum atomic E-state index is 14.4. The second-order valence-corrected chi connectivity index (χ2v) is 10.5. The predicted molar refractivity (Wildman–Crippen MR) is 115 cm³/mol. The van der Waals surface area contributed by atoms with Crippen molar-refractivity contribution >= 4 is 22.3 Å². The van der Waals surface area contributed by atoms with E-state index < -0.39 is 63.3 Å². The summed E-state index contributed by atoms with van der Waals surface area (Å²) in [5.41, 5.74) is 0. The highest BCUT2D eigenvalue weighted by Gasteiger charge is 2.66. The molecule has 0 N–H and O–H groups in total. The average molecular weight is 522 g/mol. The van der Waals surface area contributed by atoms with Crippen LogP contribution in [-0.4, -0.2) is 80.8 Å². The zero-order valence-corrected chi connectivity index (χ0v) is 20.8. The second kappa shape index (κ2) is 13.0. The van der Waals surface area contributed by atoms with Crippen LogP contribution in [0.1, 0.15) is 59.8 Å². The molecule has 8 nitrogen and oxygen atoms in total. The zero-order chi connectivity index (χ0) is 26.2. The fourth-order valence-corrected chi connectivity index (χ4v) is 5.48. The molecule has 0 aromatic rings. The van der Waals surface area contributed by atoms with Crippen LogP contribution in [0.2, 0.25) is 0 Å². The summed E-state index contributed by atoms with van der Waals surface area (Å²) in [6.45, 7) is 6.06. The number of halogens is 4. The van der Waals surface area contributed by atoms with Gasteiger partial charge >= 0.3 is 17.1 Å². The van der Waals surface area contributed by atoms with Crippen molar-refractivity contribution < 1.29 is 49.8 Å². The van der Waals surface area contributed by atoms with Crippen LogP contribution in [0.15, 0.2) is 0 Å². The number of sulfone groups is 1. The summed E-state index contributed by atoms with van der Waals surface area (Å²) in [5, 5.41) is -7.04. The van der Waals surface area contributed by atoms with Crippen molar-refractivity contribution in [1.29, 1.82) is 0 Å². The Morgan fingerprint density at radius 2 is 1.79 bits per heavy atom. The van der Waals surface area contributed by atoms with E-state index in [1.807, 2.05) is 0 Å². The molecule has 0 spiro atoms. The Bertz CT molecular complexity index is 756. The summed E-state index contributed by atoms with van der Waals surface area (Å²) < 4.78 is 97.3. The van der Waals surface area contributed by atoms with Gasteiger partial charge in [-0.3, -0.25) is 14.5 Å². The lowest BCUT2D eigenvalue weighted by molar-refractivity contribution is -0.165. The molecule has 0 saturated carbocycles. The van der Waals surface area contributed by atoms with E-state index in [0.717, 1.165) is 18.2 Å². The van der Waals surface area contributed by atoms with E-state index in [-0.39, 0.29) is 32.6 Å². The molecule has 200 valence electrons. The van der Waals surface area contributed by atoms with Crippen molar-refractivity contribution in [3.05, 3.63) is 0 Å². The highest BCUT2D eigenvalue weighted by atomic mass is 32.2. The average Bonchev–Trinajstić information content (AvgIpc) is 3.31. The summed E-state index contributed by atoms with van der Waals surface area (Å²) in [6.07, 6.45) is -2.08. The van der Waals surface area contributed by atoms with Crippen LogP contribution in [0.25, 0.3) is 0 Å². The third-order valence-corrected chi connectivity index (χ3v) is 8.31. The summed E-state index contributed by atoms with van der Waals surface area (Å²) in [4.78, 5) is 24.1. The van der Waals surface area contributed by atoms with Gasteiger partial charge in [0.25, 0.3) is 6.47 Å². The summed E-state index contributed by atoms with van der Waals surface area (Å²) in [5.74, 6) is -6.44. The number of carbonyl (C=O) groups is 2. The van der Waals surface area contributed by atoms with Crippen molar-refractivity contribution in [3.63, 3.8) is 0 Å². The van der Waals surface area contributed by atoms with Gasteiger partial charge in [-0.15, -0.1) is 0 Å². The largest absolute Gasteiger partial charge is 0.465 e. The number of hydrogen-bond donors (Lipinski definition) is 0. The zero-order valence-electron chi connectivity index (χ0n) is 20.0. The van der Waals surface area contributed by atoms with E-state index in [1.165, 1.54) is 6.92 Å². The summed E-state index contributed by atoms with van der Waals surface area (Å²) >= 11 is 0. The Morgan fingerprint density at radius 1 is 1.18 bits per heavy atom. The molecule has 0 aromatic heterocycles. The standard InChI is InChI=1S/C21H35F4NO7S/c1-5-26(6-2)16(4)34(29,30)21(24,25)20(22,23)11-7-8-12-32-19(28)15(3)18(33-14-27)17-10-9-13-31-17/h14-18H,5-13H2,1-4H3. The highest BCUT2D eigenvalue weighted by molar-refractivity contribution is 7.93. The van der Waals surface area contributed by atoms with Crippen molar-refractivity contribution in [1.82, 2.24) is 4.90 Å². The lowest BCUT2D eigenvalue weighted by Gasteiger charge is -2.33. The number of carbonyl (C=O) groups excluding carboxylic acids is 2. The van der Waals surface area contributed by atoms with Gasteiger partial charge in [-0.25, -0.2) is 8.42 Å². The molecule has 1 aliphatic heterocycles. The van der Waals surface area contributed by atoms with Crippen molar-refractivity contribution in [2.45, 2.75) is 88.6 Å². The minimum Gasteiger partial charge on any atom is -0.465 e. The Hall–Kier alpha value is -1.47. The molecule has 4 atom stereocenters. The SMILES string of the molecule is CCN(CC)C(C)S(=O)(=O)C(F)(F)C(F)(F)CCCCOC(=O)C(C)C(OC=O)C1CCCO1. The summed E-state index contributed by atoms with van der Waals surface area (Å²) in [6, 6.07) is 0. The van der Waals surface area contributed by atoms with Gasteiger partial charge in [0.15, 0.2) is 0 Å². The van der Waals surface area contributed by atoms with E-state index >= 15 is 0 Å². The van der Waals surface area contributed by atoms with Gasteiger partial charge in [0.2, 0.25) is 9.84 Å². The van der Waals surface area contributed by atoms with Crippen LogP contribution in [0, 0.1) is 5.92 Å². The summed E-state index contributed by atoms with van der Waals surface area (Å²) in [7, 11) is -5.51. The molecule has 0 aliphatic carbocycles. The van der Waals surface area contributed by atoms with Crippen LogP contribution in [0.4, 0.5) is 17.6 Å². The molecule has 1 aliphatic rings. The molecule has 0 aromatic carbocycles. The molecule has 1 fully saturated rings. The van der Waals surface area contributed by atoms with Crippen LogP contribution in [0.3, 0.4) is 0 Å². The van der Waals surface area contributed by atoms with Gasteiger partial charge in [-0.05, 0) is 52.6 Å². The van der Waals surface area contributed by atoms with E-state index in [2.05, 4.69) is 0 Å². The highest BCUT2D eigenvalue weighted by Crippen LogP contribution is 2.44. The molecular weight excluding hydrogens is 486 g/mol. The fourth-order valence-electron chi connectivity index (χ4n) is 3.84. The van der Waals surface area contributed by atoms with E-state index in [9.17, 15) is 35.6 Å². The molecule has 1 heterocycles. The molecule has 1 saturated heterocycles. The third kappa shape index (κ3) is 7.03. The van der Waals surface area contributed by atoms with Gasteiger partial charge < -0.3 is 14.2 Å². The van der Waals surface area contributed by atoms with Crippen LogP contribution in [-0.2, 0) is 33.6 Å². The topological polar surface area (TPSA) is 99.2 Å². The first kappa shape index (κ1) is 30.6. The maximum absolute atomic E-state index is 14.4. The van der Waals surface area contributed by atoms with Crippen LogP contribution < -0.4 is 0 Å². The first-order valence-corrected chi connectivity index (χ1v) is 12.9. The lowest BCUT2D eigenvalue weighted by Crippen LogP contribution is -2.54. The Labute approximate surface area is 198 Å². The Kier molecular flexibility index (Phi) is 11.7. The number of esters is 1. The smallest absolute Gasteiger partial charge is 0.408 e. The number of ether oxygens (including phenoxy) is 3. The molecule has 0 radical (unpaired) electrons. The molecule has 0 amide bonds. The molecule has 0 bridgehead atoms. The number of nitrogens with zero attached hydrogens (tertiary/aromatic N) is 1.